The minimum Gasteiger partial charge on any atom is -0.375 e. The lowest BCUT2D eigenvalue weighted by Crippen LogP contribution is -2.34. The number of rotatable bonds is 5. The Morgan fingerprint density at radius 3 is 2.87 bits per heavy atom. The summed E-state index contributed by atoms with van der Waals surface area (Å²) in [5.74, 6) is 0.479. The molecule has 0 saturated carbocycles. The Bertz CT molecular complexity index is 630. The molecular formula is C15H26N4O3S. The lowest BCUT2D eigenvalue weighted by molar-refractivity contribution is 0.0546. The molecule has 8 heteroatoms. The van der Waals surface area contributed by atoms with Crippen LogP contribution in [-0.4, -0.2) is 72.0 Å². The summed E-state index contributed by atoms with van der Waals surface area (Å²) in [6, 6.07) is 0. The minimum atomic E-state index is -3.13. The summed E-state index contributed by atoms with van der Waals surface area (Å²) in [6.45, 7) is 6.23. The van der Waals surface area contributed by atoms with Gasteiger partial charge in [-0.3, -0.25) is 9.58 Å². The zero-order chi connectivity index (χ0) is 16.4. The van der Waals surface area contributed by atoms with Crippen LogP contribution in [0.1, 0.15) is 18.9 Å². The fourth-order valence-electron chi connectivity index (χ4n) is 3.49. The Hall–Kier alpha value is -0.960. The normalized spacial score (nSPS) is 27.0. The van der Waals surface area contributed by atoms with Crippen LogP contribution in [-0.2, 0) is 28.4 Å². The van der Waals surface area contributed by atoms with Crippen LogP contribution >= 0.6 is 0 Å². The van der Waals surface area contributed by atoms with Crippen molar-refractivity contribution in [3.05, 3.63) is 18.0 Å². The van der Waals surface area contributed by atoms with Gasteiger partial charge < -0.3 is 4.74 Å². The first-order chi connectivity index (χ1) is 11.0. The monoisotopic (exact) mass is 342 g/mol. The first-order valence-electron chi connectivity index (χ1n) is 8.27. The lowest BCUT2D eigenvalue weighted by Gasteiger charge is -2.22. The summed E-state index contributed by atoms with van der Waals surface area (Å²) in [5.41, 5.74) is 1.18. The van der Waals surface area contributed by atoms with E-state index >= 15 is 0 Å². The molecule has 0 amide bonds. The second-order valence-electron chi connectivity index (χ2n) is 6.56. The highest BCUT2D eigenvalue weighted by Crippen LogP contribution is 2.26. The molecule has 2 atom stereocenters. The van der Waals surface area contributed by atoms with Crippen molar-refractivity contribution in [2.24, 2.45) is 13.0 Å². The van der Waals surface area contributed by atoms with E-state index in [2.05, 4.69) is 10.00 Å². The fraction of sp³-hybridized carbons (Fsp3) is 0.800. The van der Waals surface area contributed by atoms with Crippen molar-refractivity contribution in [3.63, 3.8) is 0 Å². The quantitative estimate of drug-likeness (QED) is 0.769. The molecule has 7 nitrogen and oxygen atoms in total. The van der Waals surface area contributed by atoms with E-state index in [0.717, 1.165) is 19.6 Å². The van der Waals surface area contributed by atoms with E-state index in [1.54, 1.807) is 8.99 Å². The number of hydrogen-bond donors (Lipinski definition) is 0. The maximum Gasteiger partial charge on any atom is 0.214 e. The third-order valence-corrected chi connectivity index (χ3v) is 6.61. The van der Waals surface area contributed by atoms with Crippen LogP contribution in [0.2, 0.25) is 0 Å². The zero-order valence-corrected chi connectivity index (χ0v) is 14.7. The van der Waals surface area contributed by atoms with Crippen LogP contribution in [0.5, 0.6) is 0 Å². The van der Waals surface area contributed by atoms with E-state index in [0.29, 0.717) is 26.1 Å². The third-order valence-electron chi connectivity index (χ3n) is 4.60. The van der Waals surface area contributed by atoms with Gasteiger partial charge in [0.1, 0.15) is 0 Å². The zero-order valence-electron chi connectivity index (χ0n) is 13.9. The molecule has 23 heavy (non-hydrogen) atoms. The molecule has 3 rings (SSSR count). The summed E-state index contributed by atoms with van der Waals surface area (Å²) in [5, 5.41) is 4.21. The Morgan fingerprint density at radius 1 is 1.35 bits per heavy atom. The van der Waals surface area contributed by atoms with Gasteiger partial charge in [0.15, 0.2) is 0 Å². The van der Waals surface area contributed by atoms with Gasteiger partial charge in [0.05, 0.1) is 24.7 Å². The largest absolute Gasteiger partial charge is 0.375 e. The third kappa shape index (κ3) is 3.93. The second-order valence-corrected chi connectivity index (χ2v) is 8.65. The van der Waals surface area contributed by atoms with Crippen molar-refractivity contribution >= 4 is 10.0 Å². The van der Waals surface area contributed by atoms with Crippen LogP contribution in [0.3, 0.4) is 0 Å². The molecule has 2 saturated heterocycles. The molecule has 0 unspecified atom stereocenters. The van der Waals surface area contributed by atoms with Crippen molar-refractivity contribution < 1.29 is 13.2 Å². The maximum absolute atomic E-state index is 12.3. The SMILES string of the molecule is CCCS(=O)(=O)N1C[C@@H]2CN(Cc3cnn(C)c3)CCO[C@@H]2C1. The predicted octanol–water partition coefficient (Wildman–Crippen LogP) is 0.293. The molecule has 2 aliphatic rings. The Labute approximate surface area is 138 Å². The van der Waals surface area contributed by atoms with Crippen LogP contribution < -0.4 is 0 Å². The number of nitrogens with zero attached hydrogens (tertiary/aromatic N) is 4. The number of aryl methyl sites for hydroxylation is 1. The van der Waals surface area contributed by atoms with Gasteiger partial charge in [0.25, 0.3) is 0 Å². The number of sulfonamides is 1. The van der Waals surface area contributed by atoms with Gasteiger partial charge in [-0.15, -0.1) is 0 Å². The molecule has 2 fully saturated rings. The molecule has 1 aromatic heterocycles. The first-order valence-corrected chi connectivity index (χ1v) is 9.88. The molecule has 2 aliphatic heterocycles. The van der Waals surface area contributed by atoms with Gasteiger partial charge >= 0.3 is 0 Å². The molecule has 130 valence electrons. The lowest BCUT2D eigenvalue weighted by atomic mass is 10.1. The summed E-state index contributed by atoms with van der Waals surface area (Å²) < 4.78 is 33.9. The van der Waals surface area contributed by atoms with Crippen LogP contribution in [0.15, 0.2) is 12.4 Å². The van der Waals surface area contributed by atoms with E-state index in [-0.39, 0.29) is 17.8 Å². The van der Waals surface area contributed by atoms with E-state index in [1.807, 2.05) is 26.4 Å². The van der Waals surface area contributed by atoms with Crippen molar-refractivity contribution in [2.75, 3.05) is 38.5 Å². The highest BCUT2D eigenvalue weighted by molar-refractivity contribution is 7.89. The van der Waals surface area contributed by atoms with Gasteiger partial charge in [-0.1, -0.05) is 6.92 Å². The standard InChI is InChI=1S/C15H26N4O3S/c1-3-6-23(20,21)19-11-14-10-18(4-5-22-15(14)12-19)9-13-7-16-17(2)8-13/h7-8,14-15H,3-6,9-12H2,1-2H3/t14-,15+/m0/s1. The average Bonchev–Trinajstić information content (AvgIpc) is 3.02. The summed E-state index contributed by atoms with van der Waals surface area (Å²) in [7, 11) is -1.22. The smallest absolute Gasteiger partial charge is 0.214 e. The highest BCUT2D eigenvalue weighted by Gasteiger charge is 2.40. The van der Waals surface area contributed by atoms with Gasteiger partial charge in [-0.2, -0.15) is 9.40 Å². The van der Waals surface area contributed by atoms with Gasteiger partial charge in [0.2, 0.25) is 10.0 Å². The van der Waals surface area contributed by atoms with Crippen molar-refractivity contribution in [1.82, 2.24) is 19.0 Å². The van der Waals surface area contributed by atoms with Gasteiger partial charge in [-0.05, 0) is 6.42 Å². The van der Waals surface area contributed by atoms with E-state index in [4.69, 9.17) is 4.74 Å². The summed E-state index contributed by atoms with van der Waals surface area (Å²) in [4.78, 5) is 2.34. The molecule has 0 aliphatic carbocycles. The molecule has 1 aromatic rings. The molecular weight excluding hydrogens is 316 g/mol. The van der Waals surface area contributed by atoms with Crippen LogP contribution in [0.4, 0.5) is 0 Å². The Balaban J connectivity index is 1.64. The Kier molecular flexibility index (Phi) is 5.05. The van der Waals surface area contributed by atoms with Crippen molar-refractivity contribution in [1.29, 1.82) is 0 Å². The van der Waals surface area contributed by atoms with E-state index in [1.165, 1.54) is 5.56 Å². The topological polar surface area (TPSA) is 67.7 Å². The van der Waals surface area contributed by atoms with Crippen LogP contribution in [0.25, 0.3) is 0 Å². The average molecular weight is 342 g/mol. The molecule has 0 aromatic carbocycles. The molecule has 0 N–H and O–H groups in total. The number of aromatic nitrogens is 2. The summed E-state index contributed by atoms with van der Waals surface area (Å²) >= 11 is 0. The second kappa shape index (κ2) is 6.88. The Morgan fingerprint density at radius 2 is 2.17 bits per heavy atom. The first kappa shape index (κ1) is 16.9. The number of fused-ring (bicyclic) bond motifs is 1. The minimum absolute atomic E-state index is 0.0283. The van der Waals surface area contributed by atoms with Crippen molar-refractivity contribution in [2.45, 2.75) is 26.0 Å². The highest BCUT2D eigenvalue weighted by atomic mass is 32.2. The molecule has 0 spiro atoms. The molecule has 0 bridgehead atoms. The van der Waals surface area contributed by atoms with Crippen LogP contribution in [0, 0.1) is 5.92 Å². The molecule has 3 heterocycles. The van der Waals surface area contributed by atoms with E-state index < -0.39 is 10.0 Å². The number of ether oxygens (including phenoxy) is 1. The number of hydrogen-bond acceptors (Lipinski definition) is 5. The molecule has 0 radical (unpaired) electrons. The van der Waals surface area contributed by atoms with E-state index in [9.17, 15) is 8.42 Å². The predicted molar refractivity (Wildman–Crippen MR) is 87.4 cm³/mol. The maximum atomic E-state index is 12.3. The van der Waals surface area contributed by atoms with Gasteiger partial charge in [0, 0.05) is 57.4 Å². The van der Waals surface area contributed by atoms with Crippen molar-refractivity contribution in [3.8, 4) is 0 Å². The summed E-state index contributed by atoms with van der Waals surface area (Å²) in [6.07, 6.45) is 4.59. The van der Waals surface area contributed by atoms with Gasteiger partial charge in [-0.25, -0.2) is 8.42 Å². The fourth-order valence-corrected chi connectivity index (χ4v) is 5.06.